The first-order valence-corrected chi connectivity index (χ1v) is 6.61. The van der Waals surface area contributed by atoms with Crippen LogP contribution in [0.5, 0.6) is 0 Å². The molecule has 0 bridgehead atoms. The SMILES string of the molecule is CN1CCC(C(CO)NC(=O)OC(C)(C)C)CC1. The number of likely N-dealkylation sites (tertiary alicyclic amines) is 1. The second-order valence-electron chi connectivity index (χ2n) is 6.08. The maximum atomic E-state index is 11.7. The van der Waals surface area contributed by atoms with E-state index in [1.807, 2.05) is 20.8 Å². The quantitative estimate of drug-likeness (QED) is 0.799. The lowest BCUT2D eigenvalue weighted by Crippen LogP contribution is -2.48. The number of alkyl carbamates (subject to hydrolysis) is 1. The first-order valence-electron chi connectivity index (χ1n) is 6.61. The summed E-state index contributed by atoms with van der Waals surface area (Å²) in [6, 6.07) is -0.200. The summed E-state index contributed by atoms with van der Waals surface area (Å²) in [6.45, 7) is 7.48. The third kappa shape index (κ3) is 5.23. The Morgan fingerprint density at radius 2 is 2.00 bits per heavy atom. The van der Waals surface area contributed by atoms with Crippen molar-refractivity contribution in [2.45, 2.75) is 45.3 Å². The molecule has 18 heavy (non-hydrogen) atoms. The number of nitrogens with one attached hydrogen (secondary N) is 1. The van der Waals surface area contributed by atoms with Gasteiger partial charge in [0.05, 0.1) is 12.6 Å². The predicted molar refractivity (Wildman–Crippen MR) is 70.5 cm³/mol. The van der Waals surface area contributed by atoms with Gasteiger partial charge in [0, 0.05) is 0 Å². The van der Waals surface area contributed by atoms with Crippen LogP contribution in [0.1, 0.15) is 33.6 Å². The fourth-order valence-corrected chi connectivity index (χ4v) is 2.20. The largest absolute Gasteiger partial charge is 0.444 e. The Kier molecular flexibility index (Phi) is 5.41. The number of ether oxygens (including phenoxy) is 1. The van der Waals surface area contributed by atoms with Crippen molar-refractivity contribution in [3.05, 3.63) is 0 Å². The van der Waals surface area contributed by atoms with E-state index in [0.717, 1.165) is 25.9 Å². The number of piperidine rings is 1. The second-order valence-corrected chi connectivity index (χ2v) is 6.08. The lowest BCUT2D eigenvalue weighted by molar-refractivity contribution is 0.0427. The minimum atomic E-state index is -0.503. The van der Waals surface area contributed by atoms with Crippen molar-refractivity contribution in [2.75, 3.05) is 26.7 Å². The fraction of sp³-hybridized carbons (Fsp3) is 0.923. The molecule has 1 atom stereocenters. The van der Waals surface area contributed by atoms with Gasteiger partial charge in [-0.15, -0.1) is 0 Å². The monoisotopic (exact) mass is 258 g/mol. The first kappa shape index (κ1) is 15.2. The molecule has 0 aromatic heterocycles. The van der Waals surface area contributed by atoms with Crippen LogP contribution in [-0.2, 0) is 4.74 Å². The molecule has 1 saturated heterocycles. The van der Waals surface area contributed by atoms with E-state index in [1.165, 1.54) is 0 Å². The van der Waals surface area contributed by atoms with E-state index in [2.05, 4.69) is 17.3 Å². The number of hydrogen-bond acceptors (Lipinski definition) is 4. The van der Waals surface area contributed by atoms with Crippen LogP contribution in [0.15, 0.2) is 0 Å². The highest BCUT2D eigenvalue weighted by atomic mass is 16.6. The number of nitrogens with zero attached hydrogens (tertiary/aromatic N) is 1. The molecule has 1 amide bonds. The predicted octanol–water partition coefficient (Wildman–Crippen LogP) is 1.21. The van der Waals surface area contributed by atoms with Crippen molar-refractivity contribution in [3.8, 4) is 0 Å². The zero-order valence-corrected chi connectivity index (χ0v) is 11.9. The average molecular weight is 258 g/mol. The Balaban J connectivity index is 2.44. The number of carbonyl (C=O) groups excluding carboxylic acids is 1. The molecule has 0 aliphatic carbocycles. The van der Waals surface area contributed by atoms with Gasteiger partial charge in [-0.25, -0.2) is 4.79 Å². The Morgan fingerprint density at radius 3 is 2.44 bits per heavy atom. The minimum absolute atomic E-state index is 0.0341. The fourth-order valence-electron chi connectivity index (χ4n) is 2.20. The molecule has 0 spiro atoms. The third-order valence-corrected chi connectivity index (χ3v) is 3.23. The summed E-state index contributed by atoms with van der Waals surface area (Å²) in [6.07, 6.45) is 1.55. The van der Waals surface area contributed by atoms with Gasteiger partial charge >= 0.3 is 6.09 Å². The van der Waals surface area contributed by atoms with Crippen LogP contribution in [0.25, 0.3) is 0 Å². The smallest absolute Gasteiger partial charge is 0.407 e. The molecule has 1 rings (SSSR count). The summed E-state index contributed by atoms with van der Waals surface area (Å²) in [7, 11) is 2.09. The van der Waals surface area contributed by atoms with Crippen molar-refractivity contribution in [1.29, 1.82) is 0 Å². The van der Waals surface area contributed by atoms with Gasteiger partial charge < -0.3 is 20.1 Å². The summed E-state index contributed by atoms with van der Waals surface area (Å²) in [5, 5.41) is 12.2. The molecule has 0 saturated carbocycles. The zero-order valence-electron chi connectivity index (χ0n) is 11.9. The van der Waals surface area contributed by atoms with Crippen molar-refractivity contribution >= 4 is 6.09 Å². The topological polar surface area (TPSA) is 61.8 Å². The molecule has 0 radical (unpaired) electrons. The Labute approximate surface area is 109 Å². The van der Waals surface area contributed by atoms with E-state index in [1.54, 1.807) is 0 Å². The molecule has 1 fully saturated rings. The van der Waals surface area contributed by atoms with Crippen molar-refractivity contribution < 1.29 is 14.6 Å². The molecule has 1 aliphatic heterocycles. The van der Waals surface area contributed by atoms with Gasteiger partial charge in [-0.05, 0) is 59.7 Å². The van der Waals surface area contributed by atoms with Crippen molar-refractivity contribution in [3.63, 3.8) is 0 Å². The van der Waals surface area contributed by atoms with E-state index in [-0.39, 0.29) is 12.6 Å². The summed E-state index contributed by atoms with van der Waals surface area (Å²) in [5.74, 6) is 0.332. The molecule has 5 heteroatoms. The molecular formula is C13H26N2O3. The van der Waals surface area contributed by atoms with E-state index in [0.29, 0.717) is 5.92 Å². The molecule has 1 unspecified atom stereocenters. The first-order chi connectivity index (χ1) is 8.31. The number of hydrogen-bond donors (Lipinski definition) is 2. The number of rotatable bonds is 3. The Bertz CT molecular complexity index is 268. The zero-order chi connectivity index (χ0) is 13.8. The summed E-state index contributed by atoms with van der Waals surface area (Å²) >= 11 is 0. The number of aliphatic hydroxyl groups is 1. The van der Waals surface area contributed by atoms with Gasteiger partial charge in [0.25, 0.3) is 0 Å². The lowest BCUT2D eigenvalue weighted by atomic mass is 9.90. The minimum Gasteiger partial charge on any atom is -0.444 e. The number of amides is 1. The molecule has 106 valence electrons. The highest BCUT2D eigenvalue weighted by molar-refractivity contribution is 5.68. The molecule has 0 aromatic rings. The second kappa shape index (κ2) is 6.38. The van der Waals surface area contributed by atoms with Gasteiger partial charge in [0.15, 0.2) is 0 Å². The summed E-state index contributed by atoms with van der Waals surface area (Å²) < 4.78 is 5.21. The summed E-state index contributed by atoms with van der Waals surface area (Å²) in [5.41, 5.74) is -0.503. The van der Waals surface area contributed by atoms with Crippen LogP contribution in [0.4, 0.5) is 4.79 Å². The standard InChI is InChI=1S/C13H26N2O3/c1-13(2,3)18-12(17)14-11(9-16)10-5-7-15(4)8-6-10/h10-11,16H,5-9H2,1-4H3,(H,14,17). The maximum Gasteiger partial charge on any atom is 0.407 e. The summed E-state index contributed by atoms with van der Waals surface area (Å²) in [4.78, 5) is 13.9. The van der Waals surface area contributed by atoms with E-state index in [4.69, 9.17) is 4.74 Å². The van der Waals surface area contributed by atoms with Crippen molar-refractivity contribution in [1.82, 2.24) is 10.2 Å². The van der Waals surface area contributed by atoms with Crippen LogP contribution in [-0.4, -0.2) is 54.5 Å². The highest BCUT2D eigenvalue weighted by Gasteiger charge is 2.27. The normalized spacial score (nSPS) is 20.5. The van der Waals surface area contributed by atoms with E-state index in [9.17, 15) is 9.90 Å². The van der Waals surface area contributed by atoms with Crippen molar-refractivity contribution in [2.24, 2.45) is 5.92 Å². The van der Waals surface area contributed by atoms with Gasteiger partial charge in [-0.2, -0.15) is 0 Å². The highest BCUT2D eigenvalue weighted by Crippen LogP contribution is 2.20. The molecular weight excluding hydrogens is 232 g/mol. The van der Waals surface area contributed by atoms with Gasteiger partial charge in [0.1, 0.15) is 5.60 Å². The molecule has 5 nitrogen and oxygen atoms in total. The van der Waals surface area contributed by atoms with Crippen LogP contribution in [0.3, 0.4) is 0 Å². The van der Waals surface area contributed by atoms with Crippen LogP contribution in [0.2, 0.25) is 0 Å². The Hall–Kier alpha value is -0.810. The molecule has 1 heterocycles. The van der Waals surface area contributed by atoms with E-state index < -0.39 is 11.7 Å². The van der Waals surface area contributed by atoms with Gasteiger partial charge in [-0.1, -0.05) is 0 Å². The Morgan fingerprint density at radius 1 is 1.44 bits per heavy atom. The number of aliphatic hydroxyl groups excluding tert-OH is 1. The van der Waals surface area contributed by atoms with Crippen LogP contribution >= 0.6 is 0 Å². The van der Waals surface area contributed by atoms with Gasteiger partial charge in [0.2, 0.25) is 0 Å². The lowest BCUT2D eigenvalue weighted by Gasteiger charge is -2.34. The number of carbonyl (C=O) groups is 1. The molecule has 1 aliphatic rings. The maximum absolute atomic E-state index is 11.7. The average Bonchev–Trinajstić information content (AvgIpc) is 2.25. The molecule has 2 N–H and O–H groups in total. The van der Waals surface area contributed by atoms with Crippen LogP contribution in [0, 0.1) is 5.92 Å². The van der Waals surface area contributed by atoms with Crippen LogP contribution < -0.4 is 5.32 Å². The molecule has 0 aromatic carbocycles. The third-order valence-electron chi connectivity index (χ3n) is 3.23. The van der Waals surface area contributed by atoms with E-state index >= 15 is 0 Å². The van der Waals surface area contributed by atoms with Gasteiger partial charge in [-0.3, -0.25) is 0 Å².